The van der Waals surface area contributed by atoms with Crippen molar-refractivity contribution >= 4 is 21.6 Å². The molecule has 0 aliphatic rings. The Morgan fingerprint density at radius 2 is 1.60 bits per heavy atom. The average Bonchev–Trinajstić information content (AvgIpc) is 2.80. The lowest BCUT2D eigenvalue weighted by Crippen LogP contribution is -2.23. The number of hydrogen-bond acceptors (Lipinski definition) is 7. The molecule has 2 heterocycles. The summed E-state index contributed by atoms with van der Waals surface area (Å²) >= 11 is 0. The number of benzene rings is 2. The topological polar surface area (TPSA) is 96.2 Å². The molecular weight excluding hydrogens is 404 g/mol. The second-order valence-electron chi connectivity index (χ2n) is 6.32. The minimum Gasteiger partial charge on any atom is -0.481 e. The molecule has 4 aromatic rings. The first kappa shape index (κ1) is 19.7. The van der Waals surface area contributed by atoms with Crippen molar-refractivity contribution in [3.63, 3.8) is 0 Å². The summed E-state index contributed by atoms with van der Waals surface area (Å²) in [5.74, 6) is 0.426. The second kappa shape index (κ2) is 8.03. The molecule has 9 heteroatoms. The molecule has 2 aromatic heterocycles. The third kappa shape index (κ3) is 3.43. The quantitative estimate of drug-likeness (QED) is 0.456. The largest absolute Gasteiger partial charge is 0.481 e. The van der Waals surface area contributed by atoms with E-state index < -0.39 is 10.8 Å². The Labute approximate surface area is 174 Å². The van der Waals surface area contributed by atoms with Crippen LogP contribution in [0.5, 0.6) is 11.8 Å². The third-order valence-corrected chi connectivity index (χ3v) is 5.77. The van der Waals surface area contributed by atoms with E-state index in [0.29, 0.717) is 27.0 Å². The fraction of sp³-hybridized carbons (Fsp3) is 0.143. The van der Waals surface area contributed by atoms with Crippen LogP contribution in [0.3, 0.4) is 0 Å². The minimum absolute atomic E-state index is 0.0150. The van der Waals surface area contributed by atoms with Gasteiger partial charge in [0.05, 0.1) is 41.9 Å². The highest BCUT2D eigenvalue weighted by Crippen LogP contribution is 2.25. The Balaban J connectivity index is 1.97. The number of aryl methyl sites for hydroxylation is 1. The van der Waals surface area contributed by atoms with Gasteiger partial charge in [0.15, 0.2) is 0 Å². The molecule has 0 saturated heterocycles. The molecule has 0 radical (unpaired) electrons. The van der Waals surface area contributed by atoms with E-state index in [0.717, 1.165) is 0 Å². The summed E-state index contributed by atoms with van der Waals surface area (Å²) in [6.07, 6.45) is 0. The Kier molecular flexibility index (Phi) is 5.28. The van der Waals surface area contributed by atoms with Crippen LogP contribution in [0.4, 0.5) is 0 Å². The SMILES string of the molecule is COc1cc(OC)nc(S(=O)c2cccc3c(C)nn(-c4ccccc4)c(=O)c23)n1. The van der Waals surface area contributed by atoms with E-state index in [9.17, 15) is 9.00 Å². The van der Waals surface area contributed by atoms with Gasteiger partial charge in [-0.3, -0.25) is 4.79 Å². The number of aromatic nitrogens is 4. The molecule has 0 fully saturated rings. The van der Waals surface area contributed by atoms with Gasteiger partial charge in [0.25, 0.3) is 5.56 Å². The zero-order valence-corrected chi connectivity index (χ0v) is 17.3. The molecule has 1 unspecified atom stereocenters. The van der Waals surface area contributed by atoms with Crippen LogP contribution in [0.1, 0.15) is 5.69 Å². The fourth-order valence-corrected chi connectivity index (χ4v) is 4.21. The predicted molar refractivity (Wildman–Crippen MR) is 112 cm³/mol. The standard InChI is InChI=1S/C21H18N4O4S/c1-13-15-10-7-11-16(30(27)21-22-17(28-2)12-18(23-21)29-3)19(15)20(26)25(24-13)14-8-5-4-6-9-14/h4-12H,1-3H3. The normalized spacial score (nSPS) is 12.0. The third-order valence-electron chi connectivity index (χ3n) is 4.52. The summed E-state index contributed by atoms with van der Waals surface area (Å²) in [6.45, 7) is 1.80. The van der Waals surface area contributed by atoms with E-state index in [4.69, 9.17) is 9.47 Å². The highest BCUT2D eigenvalue weighted by molar-refractivity contribution is 7.85. The number of ether oxygens (including phenoxy) is 2. The van der Waals surface area contributed by atoms with Gasteiger partial charge >= 0.3 is 0 Å². The smallest absolute Gasteiger partial charge is 0.280 e. The lowest BCUT2D eigenvalue weighted by Gasteiger charge is -2.12. The van der Waals surface area contributed by atoms with Gasteiger partial charge in [-0.15, -0.1) is 0 Å². The molecule has 4 rings (SSSR count). The van der Waals surface area contributed by atoms with E-state index in [1.165, 1.54) is 25.0 Å². The highest BCUT2D eigenvalue weighted by Gasteiger charge is 2.21. The van der Waals surface area contributed by atoms with Crippen LogP contribution in [-0.4, -0.2) is 38.2 Å². The molecular formula is C21H18N4O4S. The summed E-state index contributed by atoms with van der Waals surface area (Å²) in [6, 6.07) is 15.7. The molecule has 8 nitrogen and oxygen atoms in total. The van der Waals surface area contributed by atoms with Crippen LogP contribution in [-0.2, 0) is 10.8 Å². The molecule has 0 bridgehead atoms. The molecule has 0 amide bonds. The first-order chi connectivity index (χ1) is 14.5. The molecule has 0 spiro atoms. The van der Waals surface area contributed by atoms with E-state index in [1.54, 1.807) is 37.3 Å². The van der Waals surface area contributed by atoms with Gasteiger partial charge < -0.3 is 9.47 Å². The van der Waals surface area contributed by atoms with Gasteiger partial charge in [-0.1, -0.05) is 30.3 Å². The predicted octanol–water partition coefficient (Wildman–Crippen LogP) is 2.67. The minimum atomic E-state index is -1.85. The number of fused-ring (bicyclic) bond motifs is 1. The summed E-state index contributed by atoms with van der Waals surface area (Å²) in [5, 5.41) is 5.34. The number of rotatable bonds is 5. The first-order valence-electron chi connectivity index (χ1n) is 9.00. The van der Waals surface area contributed by atoms with Crippen LogP contribution in [0.2, 0.25) is 0 Å². The van der Waals surface area contributed by atoms with Crippen molar-refractivity contribution in [2.75, 3.05) is 14.2 Å². The van der Waals surface area contributed by atoms with Crippen molar-refractivity contribution in [2.24, 2.45) is 0 Å². The number of methoxy groups -OCH3 is 2. The molecule has 0 saturated carbocycles. The molecule has 30 heavy (non-hydrogen) atoms. The van der Waals surface area contributed by atoms with Crippen molar-refractivity contribution in [2.45, 2.75) is 17.0 Å². The van der Waals surface area contributed by atoms with Crippen molar-refractivity contribution in [3.8, 4) is 17.4 Å². The molecule has 2 aromatic carbocycles. The van der Waals surface area contributed by atoms with Crippen LogP contribution < -0.4 is 15.0 Å². The van der Waals surface area contributed by atoms with Gasteiger partial charge in [0.2, 0.25) is 16.9 Å². The number of para-hydroxylation sites is 1. The van der Waals surface area contributed by atoms with Crippen LogP contribution >= 0.6 is 0 Å². The van der Waals surface area contributed by atoms with Crippen molar-refractivity contribution in [1.29, 1.82) is 0 Å². The van der Waals surface area contributed by atoms with Crippen molar-refractivity contribution in [3.05, 3.63) is 70.6 Å². The summed E-state index contributed by atoms with van der Waals surface area (Å²) < 4.78 is 25.0. The van der Waals surface area contributed by atoms with E-state index in [1.807, 2.05) is 18.2 Å². The zero-order valence-electron chi connectivity index (χ0n) is 16.5. The van der Waals surface area contributed by atoms with Gasteiger partial charge in [-0.25, -0.2) is 4.21 Å². The van der Waals surface area contributed by atoms with Crippen molar-refractivity contribution in [1.82, 2.24) is 19.7 Å². The maximum atomic E-state index is 13.4. The van der Waals surface area contributed by atoms with E-state index >= 15 is 0 Å². The maximum absolute atomic E-state index is 13.4. The zero-order chi connectivity index (χ0) is 21.3. The summed E-state index contributed by atoms with van der Waals surface area (Å²) in [5.41, 5.74) is 0.879. The molecule has 0 aliphatic carbocycles. The Morgan fingerprint density at radius 3 is 2.23 bits per heavy atom. The maximum Gasteiger partial charge on any atom is 0.280 e. The Bertz CT molecular complexity index is 1300. The van der Waals surface area contributed by atoms with Crippen LogP contribution in [0, 0.1) is 6.92 Å². The summed E-state index contributed by atoms with van der Waals surface area (Å²) in [7, 11) is 1.04. The van der Waals surface area contributed by atoms with Gasteiger partial charge in [-0.2, -0.15) is 19.7 Å². The molecule has 152 valence electrons. The molecule has 1 atom stereocenters. The molecule has 0 N–H and O–H groups in total. The van der Waals surface area contributed by atoms with E-state index in [-0.39, 0.29) is 22.5 Å². The lowest BCUT2D eigenvalue weighted by atomic mass is 10.1. The van der Waals surface area contributed by atoms with Crippen molar-refractivity contribution < 1.29 is 13.7 Å². The Morgan fingerprint density at radius 1 is 0.933 bits per heavy atom. The average molecular weight is 422 g/mol. The van der Waals surface area contributed by atoms with Gasteiger partial charge in [0, 0.05) is 5.39 Å². The van der Waals surface area contributed by atoms with Crippen LogP contribution in [0.25, 0.3) is 16.5 Å². The first-order valence-corrected chi connectivity index (χ1v) is 10.2. The van der Waals surface area contributed by atoms with Gasteiger partial charge in [0.1, 0.15) is 10.8 Å². The summed E-state index contributed by atoms with van der Waals surface area (Å²) in [4.78, 5) is 22.0. The lowest BCUT2D eigenvalue weighted by molar-refractivity contribution is 0.363. The van der Waals surface area contributed by atoms with Crippen LogP contribution in [0.15, 0.2) is 69.4 Å². The Hall–Kier alpha value is -3.59. The second-order valence-corrected chi connectivity index (χ2v) is 7.66. The fourth-order valence-electron chi connectivity index (χ4n) is 3.08. The highest BCUT2D eigenvalue weighted by atomic mass is 32.2. The van der Waals surface area contributed by atoms with E-state index in [2.05, 4.69) is 15.1 Å². The number of hydrogen-bond donors (Lipinski definition) is 0. The number of nitrogens with zero attached hydrogens (tertiary/aromatic N) is 4. The van der Waals surface area contributed by atoms with Gasteiger partial charge in [-0.05, 0) is 25.1 Å². The molecule has 0 aliphatic heterocycles. The monoisotopic (exact) mass is 422 g/mol.